The lowest BCUT2D eigenvalue weighted by atomic mass is 9.76. The molecule has 1 nitrogen and oxygen atoms in total. The quantitative estimate of drug-likeness (QED) is 0.652. The van der Waals surface area contributed by atoms with Crippen LogP contribution in [0.3, 0.4) is 0 Å². The van der Waals surface area contributed by atoms with Gasteiger partial charge in [-0.1, -0.05) is 20.8 Å². The standard InChI is InChI=1S/C12H23ClO/c1-10(8-13)9-14-11-4-6-12(2,3)7-5-11/h10-11H,4-9H2,1-3H3. The molecular formula is C12H23ClO. The Labute approximate surface area is 93.2 Å². The van der Waals surface area contributed by atoms with E-state index in [0.717, 1.165) is 6.61 Å². The molecular weight excluding hydrogens is 196 g/mol. The number of ether oxygens (including phenoxy) is 1. The van der Waals surface area contributed by atoms with Gasteiger partial charge in [-0.15, -0.1) is 11.6 Å². The molecule has 0 radical (unpaired) electrons. The van der Waals surface area contributed by atoms with Gasteiger partial charge in [0.15, 0.2) is 0 Å². The van der Waals surface area contributed by atoms with Crippen LogP contribution in [0.15, 0.2) is 0 Å². The van der Waals surface area contributed by atoms with Gasteiger partial charge in [-0.25, -0.2) is 0 Å². The molecule has 1 unspecified atom stereocenters. The summed E-state index contributed by atoms with van der Waals surface area (Å²) in [6.07, 6.45) is 5.54. The molecule has 0 heterocycles. The summed E-state index contributed by atoms with van der Waals surface area (Å²) < 4.78 is 5.84. The zero-order valence-corrected chi connectivity index (χ0v) is 10.4. The molecule has 14 heavy (non-hydrogen) atoms. The fourth-order valence-electron chi connectivity index (χ4n) is 1.88. The first-order valence-corrected chi connectivity index (χ1v) is 6.24. The monoisotopic (exact) mass is 218 g/mol. The minimum Gasteiger partial charge on any atom is -0.378 e. The predicted octanol–water partition coefficient (Wildman–Crippen LogP) is 3.85. The first kappa shape index (κ1) is 12.3. The number of rotatable bonds is 4. The van der Waals surface area contributed by atoms with E-state index >= 15 is 0 Å². The van der Waals surface area contributed by atoms with Crippen LogP contribution in [0.4, 0.5) is 0 Å². The van der Waals surface area contributed by atoms with Gasteiger partial charge in [0.2, 0.25) is 0 Å². The summed E-state index contributed by atoms with van der Waals surface area (Å²) in [5, 5.41) is 0. The molecule has 0 bridgehead atoms. The van der Waals surface area contributed by atoms with E-state index in [1.807, 2.05) is 0 Å². The molecule has 0 aromatic rings. The van der Waals surface area contributed by atoms with E-state index in [0.29, 0.717) is 23.3 Å². The van der Waals surface area contributed by atoms with Crippen molar-refractivity contribution in [2.24, 2.45) is 11.3 Å². The van der Waals surface area contributed by atoms with Crippen molar-refractivity contribution >= 4 is 11.6 Å². The topological polar surface area (TPSA) is 9.23 Å². The average molecular weight is 219 g/mol. The lowest BCUT2D eigenvalue weighted by molar-refractivity contribution is -0.00701. The van der Waals surface area contributed by atoms with Crippen LogP contribution in [-0.2, 0) is 4.74 Å². The van der Waals surface area contributed by atoms with Crippen LogP contribution >= 0.6 is 11.6 Å². The van der Waals surface area contributed by atoms with E-state index in [9.17, 15) is 0 Å². The van der Waals surface area contributed by atoms with Gasteiger partial charge in [-0.2, -0.15) is 0 Å². The van der Waals surface area contributed by atoms with Gasteiger partial charge in [0.25, 0.3) is 0 Å². The van der Waals surface area contributed by atoms with Gasteiger partial charge < -0.3 is 4.74 Å². The molecule has 0 aromatic heterocycles. The van der Waals surface area contributed by atoms with Gasteiger partial charge in [0.1, 0.15) is 0 Å². The summed E-state index contributed by atoms with van der Waals surface area (Å²) in [6.45, 7) is 7.67. The van der Waals surface area contributed by atoms with Crippen molar-refractivity contribution in [1.82, 2.24) is 0 Å². The molecule has 84 valence electrons. The smallest absolute Gasteiger partial charge is 0.0575 e. The second-order valence-corrected chi connectivity index (χ2v) is 5.76. The van der Waals surface area contributed by atoms with Crippen molar-refractivity contribution in [2.75, 3.05) is 12.5 Å². The molecule has 1 saturated carbocycles. The maximum Gasteiger partial charge on any atom is 0.0575 e. The highest BCUT2D eigenvalue weighted by atomic mass is 35.5. The highest BCUT2D eigenvalue weighted by Gasteiger charge is 2.27. The molecule has 1 atom stereocenters. The third-order valence-corrected chi connectivity index (χ3v) is 3.69. The maximum absolute atomic E-state index is 5.84. The molecule has 0 amide bonds. The minimum atomic E-state index is 0.492. The van der Waals surface area contributed by atoms with Crippen LogP contribution in [-0.4, -0.2) is 18.6 Å². The van der Waals surface area contributed by atoms with E-state index < -0.39 is 0 Å². The van der Waals surface area contributed by atoms with Gasteiger partial charge in [0.05, 0.1) is 12.7 Å². The first-order valence-electron chi connectivity index (χ1n) is 5.71. The van der Waals surface area contributed by atoms with Gasteiger partial charge in [0, 0.05) is 5.88 Å². The molecule has 0 aromatic carbocycles. The Kier molecular flexibility index (Phi) is 4.72. The SMILES string of the molecule is CC(CCl)COC1CCC(C)(C)CC1. The molecule has 1 fully saturated rings. The molecule has 0 saturated heterocycles. The summed E-state index contributed by atoms with van der Waals surface area (Å²) in [4.78, 5) is 0. The molecule has 1 rings (SSSR count). The molecule has 1 aliphatic carbocycles. The van der Waals surface area contributed by atoms with E-state index in [2.05, 4.69) is 20.8 Å². The van der Waals surface area contributed by atoms with Crippen LogP contribution in [0.5, 0.6) is 0 Å². The molecule has 0 spiro atoms. The Morgan fingerprint density at radius 2 is 1.93 bits per heavy atom. The van der Waals surface area contributed by atoms with Crippen LogP contribution in [0.1, 0.15) is 46.5 Å². The zero-order valence-electron chi connectivity index (χ0n) is 9.68. The minimum absolute atomic E-state index is 0.492. The van der Waals surface area contributed by atoms with Crippen LogP contribution < -0.4 is 0 Å². The van der Waals surface area contributed by atoms with E-state index in [4.69, 9.17) is 16.3 Å². The maximum atomic E-state index is 5.84. The highest BCUT2D eigenvalue weighted by Crippen LogP contribution is 2.36. The van der Waals surface area contributed by atoms with E-state index in [1.165, 1.54) is 25.7 Å². The van der Waals surface area contributed by atoms with Crippen LogP contribution in [0.25, 0.3) is 0 Å². The summed E-state index contributed by atoms with van der Waals surface area (Å²) in [7, 11) is 0. The zero-order chi connectivity index (χ0) is 10.6. The first-order chi connectivity index (χ1) is 6.53. The number of hydrogen-bond acceptors (Lipinski definition) is 1. The Hall–Kier alpha value is 0.250. The molecule has 0 N–H and O–H groups in total. The number of alkyl halides is 1. The van der Waals surface area contributed by atoms with Crippen molar-refractivity contribution in [3.05, 3.63) is 0 Å². The Morgan fingerprint density at radius 1 is 1.36 bits per heavy atom. The molecule has 1 aliphatic rings. The lowest BCUT2D eigenvalue weighted by Gasteiger charge is -2.34. The van der Waals surface area contributed by atoms with Crippen LogP contribution in [0, 0.1) is 11.3 Å². The third kappa shape index (κ3) is 4.18. The van der Waals surface area contributed by atoms with Gasteiger partial charge >= 0.3 is 0 Å². The van der Waals surface area contributed by atoms with E-state index in [-0.39, 0.29) is 0 Å². The third-order valence-electron chi connectivity index (χ3n) is 3.17. The largest absolute Gasteiger partial charge is 0.378 e. The summed E-state index contributed by atoms with van der Waals surface area (Å²) in [5.74, 6) is 1.20. The van der Waals surface area contributed by atoms with Gasteiger partial charge in [-0.3, -0.25) is 0 Å². The normalized spacial score (nSPS) is 24.9. The van der Waals surface area contributed by atoms with Crippen molar-refractivity contribution in [1.29, 1.82) is 0 Å². The van der Waals surface area contributed by atoms with Crippen molar-refractivity contribution < 1.29 is 4.74 Å². The lowest BCUT2D eigenvalue weighted by Crippen LogP contribution is -2.27. The van der Waals surface area contributed by atoms with E-state index in [1.54, 1.807) is 0 Å². The summed E-state index contributed by atoms with van der Waals surface area (Å²) in [6, 6.07) is 0. The predicted molar refractivity (Wildman–Crippen MR) is 61.9 cm³/mol. The second kappa shape index (κ2) is 5.37. The fraction of sp³-hybridized carbons (Fsp3) is 1.00. The number of halogens is 1. The van der Waals surface area contributed by atoms with Crippen molar-refractivity contribution in [3.63, 3.8) is 0 Å². The molecule has 0 aliphatic heterocycles. The summed E-state index contributed by atoms with van der Waals surface area (Å²) >= 11 is 5.73. The van der Waals surface area contributed by atoms with Crippen molar-refractivity contribution in [3.8, 4) is 0 Å². The highest BCUT2D eigenvalue weighted by molar-refractivity contribution is 6.18. The second-order valence-electron chi connectivity index (χ2n) is 5.46. The Morgan fingerprint density at radius 3 is 2.43 bits per heavy atom. The fourth-order valence-corrected chi connectivity index (χ4v) is 1.97. The average Bonchev–Trinajstić information content (AvgIpc) is 2.16. The Balaban J connectivity index is 2.16. The van der Waals surface area contributed by atoms with Gasteiger partial charge in [-0.05, 0) is 37.0 Å². The summed E-state index contributed by atoms with van der Waals surface area (Å²) in [5.41, 5.74) is 0.540. The number of hydrogen-bond donors (Lipinski definition) is 0. The molecule has 2 heteroatoms. The Bertz CT molecular complexity index is 158. The van der Waals surface area contributed by atoms with Crippen molar-refractivity contribution in [2.45, 2.75) is 52.6 Å². The van der Waals surface area contributed by atoms with Crippen LogP contribution in [0.2, 0.25) is 0 Å².